The van der Waals surface area contributed by atoms with Crippen LogP contribution in [0.4, 0.5) is 13.2 Å². The SMILES string of the molecule is O=S1(=O)CCC(NCCC(F)(F)F)c2ccccc21. The Hall–Kier alpha value is -1.08. The molecular formula is C12H14F3NO2S. The van der Waals surface area contributed by atoms with Crippen molar-refractivity contribution in [3.05, 3.63) is 29.8 Å². The van der Waals surface area contributed by atoms with Crippen molar-refractivity contribution in [3.8, 4) is 0 Å². The summed E-state index contributed by atoms with van der Waals surface area (Å²) in [5, 5.41) is 2.79. The Morgan fingerprint density at radius 3 is 2.63 bits per heavy atom. The maximum atomic E-state index is 12.1. The zero-order valence-corrected chi connectivity index (χ0v) is 10.9. The van der Waals surface area contributed by atoms with Crippen molar-refractivity contribution in [1.82, 2.24) is 5.32 Å². The molecule has 0 saturated heterocycles. The summed E-state index contributed by atoms with van der Waals surface area (Å²) >= 11 is 0. The molecule has 1 aliphatic rings. The average molecular weight is 293 g/mol. The lowest BCUT2D eigenvalue weighted by Crippen LogP contribution is -2.31. The first kappa shape index (κ1) is 14.3. The highest BCUT2D eigenvalue weighted by atomic mass is 32.2. The quantitative estimate of drug-likeness (QED) is 0.931. The summed E-state index contributed by atoms with van der Waals surface area (Å²) in [5.41, 5.74) is 0.566. The first-order valence-electron chi connectivity index (χ1n) is 5.91. The molecule has 2 rings (SSSR count). The van der Waals surface area contributed by atoms with Crippen molar-refractivity contribution in [2.24, 2.45) is 0 Å². The average Bonchev–Trinajstić information content (AvgIpc) is 2.31. The molecular weight excluding hydrogens is 279 g/mol. The summed E-state index contributed by atoms with van der Waals surface area (Å²) in [6, 6.07) is 6.13. The number of hydrogen-bond donors (Lipinski definition) is 1. The van der Waals surface area contributed by atoms with Gasteiger partial charge in [-0.25, -0.2) is 8.42 Å². The van der Waals surface area contributed by atoms with E-state index in [1.54, 1.807) is 18.2 Å². The van der Waals surface area contributed by atoms with Crippen LogP contribution in [0.1, 0.15) is 24.4 Å². The minimum atomic E-state index is -4.20. The van der Waals surface area contributed by atoms with Crippen LogP contribution in [0.25, 0.3) is 0 Å². The van der Waals surface area contributed by atoms with Crippen LogP contribution in [-0.4, -0.2) is 26.9 Å². The van der Waals surface area contributed by atoms with Crippen molar-refractivity contribution < 1.29 is 21.6 Å². The van der Waals surface area contributed by atoms with Crippen LogP contribution in [0, 0.1) is 0 Å². The van der Waals surface area contributed by atoms with E-state index >= 15 is 0 Å². The molecule has 7 heteroatoms. The van der Waals surface area contributed by atoms with Gasteiger partial charge in [0.2, 0.25) is 0 Å². The van der Waals surface area contributed by atoms with Crippen LogP contribution in [0.3, 0.4) is 0 Å². The third kappa shape index (κ3) is 3.48. The highest BCUT2D eigenvalue weighted by Crippen LogP contribution is 2.32. The second-order valence-electron chi connectivity index (χ2n) is 4.52. The third-order valence-electron chi connectivity index (χ3n) is 3.10. The Kier molecular flexibility index (Phi) is 3.87. The zero-order valence-electron chi connectivity index (χ0n) is 10.1. The monoisotopic (exact) mass is 293 g/mol. The Balaban J connectivity index is 2.13. The molecule has 1 aliphatic heterocycles. The van der Waals surface area contributed by atoms with Gasteiger partial charge in [0, 0.05) is 12.6 Å². The molecule has 1 unspecified atom stereocenters. The molecule has 1 atom stereocenters. The summed E-state index contributed by atoms with van der Waals surface area (Å²) in [7, 11) is -3.29. The van der Waals surface area contributed by atoms with E-state index in [1.807, 2.05) is 0 Å². The molecule has 0 aliphatic carbocycles. The Morgan fingerprint density at radius 2 is 1.95 bits per heavy atom. The molecule has 0 saturated carbocycles. The predicted octanol–water partition coefficient (Wildman–Crippen LogP) is 2.45. The first-order chi connectivity index (χ1) is 8.80. The second-order valence-corrected chi connectivity index (χ2v) is 6.59. The lowest BCUT2D eigenvalue weighted by molar-refractivity contribution is -0.133. The lowest BCUT2D eigenvalue weighted by atomic mass is 10.0. The molecule has 0 aromatic heterocycles. The molecule has 1 aromatic rings. The van der Waals surface area contributed by atoms with Crippen LogP contribution in [0.15, 0.2) is 29.2 Å². The molecule has 0 bridgehead atoms. The van der Waals surface area contributed by atoms with Crippen LogP contribution < -0.4 is 5.32 Å². The van der Waals surface area contributed by atoms with Gasteiger partial charge in [0.15, 0.2) is 9.84 Å². The highest BCUT2D eigenvalue weighted by Gasteiger charge is 2.31. The topological polar surface area (TPSA) is 46.2 Å². The van der Waals surface area contributed by atoms with Gasteiger partial charge < -0.3 is 5.32 Å². The standard InChI is InChI=1S/C12H14F3NO2S/c13-12(14,15)6-7-16-10-5-8-19(17,18)11-4-2-1-3-9(10)11/h1-4,10,16H,5-8H2. The molecule has 3 nitrogen and oxygen atoms in total. The van der Waals surface area contributed by atoms with E-state index in [4.69, 9.17) is 0 Å². The van der Waals surface area contributed by atoms with Crippen molar-refractivity contribution >= 4 is 9.84 Å². The van der Waals surface area contributed by atoms with Gasteiger partial charge in [-0.1, -0.05) is 18.2 Å². The number of alkyl halides is 3. The summed E-state index contributed by atoms with van der Waals surface area (Å²) in [6.45, 7) is -0.206. The van der Waals surface area contributed by atoms with Crippen LogP contribution in [-0.2, 0) is 9.84 Å². The molecule has 1 heterocycles. The molecule has 1 N–H and O–H groups in total. The van der Waals surface area contributed by atoms with E-state index in [0.29, 0.717) is 12.0 Å². The maximum Gasteiger partial charge on any atom is 0.390 e. The highest BCUT2D eigenvalue weighted by molar-refractivity contribution is 7.91. The van der Waals surface area contributed by atoms with Gasteiger partial charge in [-0.05, 0) is 18.1 Å². The van der Waals surface area contributed by atoms with Gasteiger partial charge in [-0.3, -0.25) is 0 Å². The zero-order chi connectivity index (χ0) is 14.1. The number of halogens is 3. The van der Waals surface area contributed by atoms with E-state index in [0.717, 1.165) is 0 Å². The second kappa shape index (κ2) is 5.13. The van der Waals surface area contributed by atoms with Gasteiger partial charge in [0.1, 0.15) is 0 Å². The number of hydrogen-bond acceptors (Lipinski definition) is 3. The third-order valence-corrected chi connectivity index (χ3v) is 4.92. The predicted molar refractivity (Wildman–Crippen MR) is 64.5 cm³/mol. The number of nitrogens with one attached hydrogen (secondary N) is 1. The fourth-order valence-corrected chi connectivity index (χ4v) is 3.81. The van der Waals surface area contributed by atoms with Crippen molar-refractivity contribution in [2.45, 2.75) is 30.0 Å². The summed E-state index contributed by atoms with van der Waals surface area (Å²) in [5.74, 6) is -0.0340. The smallest absolute Gasteiger partial charge is 0.310 e. The van der Waals surface area contributed by atoms with Gasteiger partial charge in [0.05, 0.1) is 17.1 Å². The maximum absolute atomic E-state index is 12.1. The molecule has 0 amide bonds. The number of benzene rings is 1. The number of rotatable bonds is 3. The number of fused-ring (bicyclic) bond motifs is 1. The van der Waals surface area contributed by atoms with E-state index in [9.17, 15) is 21.6 Å². The fraction of sp³-hybridized carbons (Fsp3) is 0.500. The lowest BCUT2D eigenvalue weighted by Gasteiger charge is -2.26. The van der Waals surface area contributed by atoms with E-state index < -0.39 is 22.4 Å². The summed E-state index contributed by atoms with van der Waals surface area (Å²) < 4.78 is 60.0. The van der Waals surface area contributed by atoms with E-state index in [2.05, 4.69) is 5.32 Å². The molecule has 0 spiro atoms. The van der Waals surface area contributed by atoms with Crippen molar-refractivity contribution in [1.29, 1.82) is 0 Å². The van der Waals surface area contributed by atoms with Gasteiger partial charge in [-0.15, -0.1) is 0 Å². The summed E-state index contributed by atoms with van der Waals surface area (Å²) in [6.07, 6.45) is -4.82. The van der Waals surface area contributed by atoms with Crippen LogP contribution >= 0.6 is 0 Å². The molecule has 19 heavy (non-hydrogen) atoms. The summed E-state index contributed by atoms with van der Waals surface area (Å²) in [4.78, 5) is 0.228. The van der Waals surface area contributed by atoms with Crippen molar-refractivity contribution in [2.75, 3.05) is 12.3 Å². The van der Waals surface area contributed by atoms with Crippen molar-refractivity contribution in [3.63, 3.8) is 0 Å². The Bertz CT molecular complexity index is 554. The molecule has 1 aromatic carbocycles. The van der Waals surface area contributed by atoms with Crippen LogP contribution in [0.5, 0.6) is 0 Å². The minimum Gasteiger partial charge on any atom is -0.310 e. The largest absolute Gasteiger partial charge is 0.390 e. The van der Waals surface area contributed by atoms with Gasteiger partial charge >= 0.3 is 6.18 Å². The van der Waals surface area contributed by atoms with Gasteiger partial charge in [-0.2, -0.15) is 13.2 Å². The van der Waals surface area contributed by atoms with Gasteiger partial charge in [0.25, 0.3) is 0 Å². The van der Waals surface area contributed by atoms with E-state index in [1.165, 1.54) is 6.07 Å². The van der Waals surface area contributed by atoms with Crippen LogP contribution in [0.2, 0.25) is 0 Å². The molecule has 106 valence electrons. The van der Waals surface area contributed by atoms with E-state index in [-0.39, 0.29) is 23.2 Å². The number of sulfone groups is 1. The Morgan fingerprint density at radius 1 is 1.26 bits per heavy atom. The molecule has 0 fully saturated rings. The molecule has 0 radical (unpaired) electrons. The minimum absolute atomic E-state index is 0.0340. The fourth-order valence-electron chi connectivity index (χ4n) is 2.19. The Labute approximate surface area is 109 Å². The normalized spacial score (nSPS) is 21.9. The first-order valence-corrected chi connectivity index (χ1v) is 7.57.